The van der Waals surface area contributed by atoms with Gasteiger partial charge in [0.15, 0.2) is 0 Å². The molecule has 0 aliphatic carbocycles. The van der Waals surface area contributed by atoms with Gasteiger partial charge < -0.3 is 4.90 Å². The largest absolute Gasteiger partial charge is 0.405 e. The van der Waals surface area contributed by atoms with Crippen LogP contribution in [0, 0.1) is 6.92 Å². The van der Waals surface area contributed by atoms with Gasteiger partial charge in [-0.1, -0.05) is 0 Å². The highest BCUT2D eigenvalue weighted by Gasteiger charge is 2.30. The molecule has 0 aromatic carbocycles. The molecule has 16 heavy (non-hydrogen) atoms. The maximum Gasteiger partial charge on any atom is 0.405 e. The first kappa shape index (κ1) is 13.0. The Balaban J connectivity index is 2.95. The Labute approximate surface area is 96.3 Å². The van der Waals surface area contributed by atoms with Crippen molar-refractivity contribution in [3.63, 3.8) is 0 Å². The topological polar surface area (TPSA) is 29.0 Å². The van der Waals surface area contributed by atoms with Crippen LogP contribution in [0.3, 0.4) is 0 Å². The lowest BCUT2D eigenvalue weighted by atomic mass is 10.4. The van der Waals surface area contributed by atoms with Gasteiger partial charge in [0.25, 0.3) is 0 Å². The van der Waals surface area contributed by atoms with E-state index >= 15 is 0 Å². The highest BCUT2D eigenvalue weighted by molar-refractivity contribution is 6.28. The molecule has 1 rings (SSSR count). The number of nitrogens with zero attached hydrogens (tertiary/aromatic N) is 3. The molecular formula is C9H11ClF3N3. The molecule has 90 valence electrons. The Morgan fingerprint density at radius 2 is 2.00 bits per heavy atom. The molecule has 7 heteroatoms. The van der Waals surface area contributed by atoms with Gasteiger partial charge in [-0.05, 0) is 25.4 Å². The van der Waals surface area contributed by atoms with Crippen LogP contribution in [-0.4, -0.2) is 29.2 Å². The summed E-state index contributed by atoms with van der Waals surface area (Å²) < 4.78 is 36.8. The summed E-state index contributed by atoms with van der Waals surface area (Å²) in [5.41, 5.74) is 0.538. The predicted molar refractivity (Wildman–Crippen MR) is 55.7 cm³/mol. The highest BCUT2D eigenvalue weighted by Crippen LogP contribution is 2.21. The first-order valence-corrected chi connectivity index (χ1v) is 5.02. The van der Waals surface area contributed by atoms with E-state index in [2.05, 4.69) is 9.97 Å². The van der Waals surface area contributed by atoms with E-state index in [4.69, 9.17) is 11.6 Å². The van der Waals surface area contributed by atoms with Crippen LogP contribution in [-0.2, 0) is 0 Å². The SMILES string of the molecule is CCN(CC(F)(F)F)c1cc(C)nc(Cl)n1. The summed E-state index contributed by atoms with van der Waals surface area (Å²) in [7, 11) is 0. The van der Waals surface area contributed by atoms with Gasteiger partial charge in [-0.25, -0.2) is 9.97 Å². The van der Waals surface area contributed by atoms with Crippen molar-refractivity contribution in [2.75, 3.05) is 18.0 Å². The number of aryl methyl sites for hydroxylation is 1. The van der Waals surface area contributed by atoms with E-state index in [1.807, 2.05) is 0 Å². The fraction of sp³-hybridized carbons (Fsp3) is 0.556. The predicted octanol–water partition coefficient (Wildman–Crippen LogP) is 2.83. The molecule has 1 aromatic heterocycles. The minimum atomic E-state index is -4.26. The van der Waals surface area contributed by atoms with Crippen molar-refractivity contribution in [2.24, 2.45) is 0 Å². The first-order valence-electron chi connectivity index (χ1n) is 4.64. The molecule has 0 saturated heterocycles. The summed E-state index contributed by atoms with van der Waals surface area (Å²) in [6, 6.07) is 1.47. The second-order valence-electron chi connectivity index (χ2n) is 3.27. The third-order valence-electron chi connectivity index (χ3n) is 1.89. The van der Waals surface area contributed by atoms with Crippen molar-refractivity contribution < 1.29 is 13.2 Å². The van der Waals surface area contributed by atoms with Gasteiger partial charge >= 0.3 is 6.18 Å². The van der Waals surface area contributed by atoms with Crippen molar-refractivity contribution in [1.82, 2.24) is 9.97 Å². The molecule has 3 nitrogen and oxygen atoms in total. The van der Waals surface area contributed by atoms with Crippen LogP contribution in [0.15, 0.2) is 6.07 Å². The summed E-state index contributed by atoms with van der Waals surface area (Å²) in [6.07, 6.45) is -4.26. The molecule has 0 unspecified atom stereocenters. The Morgan fingerprint density at radius 3 is 2.44 bits per heavy atom. The van der Waals surface area contributed by atoms with Crippen LogP contribution >= 0.6 is 11.6 Å². The van der Waals surface area contributed by atoms with E-state index in [-0.39, 0.29) is 17.6 Å². The molecule has 0 radical (unpaired) electrons. The fourth-order valence-electron chi connectivity index (χ4n) is 1.25. The van der Waals surface area contributed by atoms with Gasteiger partial charge in [0.1, 0.15) is 12.4 Å². The molecule has 0 atom stereocenters. The maximum atomic E-state index is 12.3. The summed E-state index contributed by atoms with van der Waals surface area (Å²) in [5.74, 6) is 0.192. The quantitative estimate of drug-likeness (QED) is 0.776. The second-order valence-corrected chi connectivity index (χ2v) is 3.60. The number of hydrogen-bond donors (Lipinski definition) is 0. The summed E-state index contributed by atoms with van der Waals surface area (Å²) in [6.45, 7) is 2.43. The number of anilines is 1. The lowest BCUT2D eigenvalue weighted by molar-refractivity contribution is -0.119. The summed E-state index contributed by atoms with van der Waals surface area (Å²) in [5, 5.41) is -0.0457. The van der Waals surface area contributed by atoms with Crippen molar-refractivity contribution in [3.8, 4) is 0 Å². The van der Waals surface area contributed by atoms with Gasteiger partial charge in [-0.3, -0.25) is 0 Å². The van der Waals surface area contributed by atoms with E-state index < -0.39 is 12.7 Å². The average molecular weight is 254 g/mol. The summed E-state index contributed by atoms with van der Waals surface area (Å²) >= 11 is 5.59. The molecule has 0 saturated carbocycles. The zero-order valence-electron chi connectivity index (χ0n) is 8.85. The van der Waals surface area contributed by atoms with Gasteiger partial charge in [-0.2, -0.15) is 13.2 Å². The molecule has 0 bridgehead atoms. The van der Waals surface area contributed by atoms with Crippen LogP contribution in [0.25, 0.3) is 0 Å². The number of halogens is 4. The minimum Gasteiger partial charge on any atom is -0.348 e. The van der Waals surface area contributed by atoms with Gasteiger partial charge in [0, 0.05) is 18.3 Å². The average Bonchev–Trinajstić information content (AvgIpc) is 2.11. The Kier molecular flexibility index (Phi) is 3.96. The number of alkyl halides is 3. The maximum absolute atomic E-state index is 12.3. The van der Waals surface area contributed by atoms with E-state index in [9.17, 15) is 13.2 Å². The smallest absolute Gasteiger partial charge is 0.348 e. The van der Waals surface area contributed by atoms with Crippen molar-refractivity contribution >= 4 is 17.4 Å². The van der Waals surface area contributed by atoms with Crippen LogP contribution in [0.2, 0.25) is 5.28 Å². The molecule has 0 fully saturated rings. The summed E-state index contributed by atoms with van der Waals surface area (Å²) in [4.78, 5) is 8.66. The zero-order valence-corrected chi connectivity index (χ0v) is 9.60. The van der Waals surface area contributed by atoms with Gasteiger partial charge in [0.2, 0.25) is 5.28 Å². The van der Waals surface area contributed by atoms with E-state index in [1.165, 1.54) is 6.07 Å². The number of rotatable bonds is 3. The lowest BCUT2D eigenvalue weighted by Gasteiger charge is -2.23. The minimum absolute atomic E-state index is 0.0457. The molecular weight excluding hydrogens is 243 g/mol. The van der Waals surface area contributed by atoms with Crippen LogP contribution in [0.1, 0.15) is 12.6 Å². The molecule has 1 heterocycles. The normalized spacial score (nSPS) is 11.6. The zero-order chi connectivity index (χ0) is 12.3. The van der Waals surface area contributed by atoms with Crippen LogP contribution in [0.4, 0.5) is 19.0 Å². The van der Waals surface area contributed by atoms with Crippen LogP contribution in [0.5, 0.6) is 0 Å². The van der Waals surface area contributed by atoms with Crippen molar-refractivity contribution in [3.05, 3.63) is 17.0 Å². The third kappa shape index (κ3) is 3.84. The van der Waals surface area contributed by atoms with Gasteiger partial charge in [-0.15, -0.1) is 0 Å². The van der Waals surface area contributed by atoms with Crippen molar-refractivity contribution in [1.29, 1.82) is 0 Å². The molecule has 0 aliphatic rings. The van der Waals surface area contributed by atoms with E-state index in [0.29, 0.717) is 5.69 Å². The molecule has 0 amide bonds. The monoisotopic (exact) mass is 253 g/mol. The Morgan fingerprint density at radius 1 is 1.38 bits per heavy atom. The molecule has 1 aromatic rings. The standard InChI is InChI=1S/C9H11ClF3N3/c1-3-16(5-9(11,12)13)7-4-6(2)14-8(10)15-7/h4H,3,5H2,1-2H3. The Hall–Kier alpha value is -1.04. The first-order chi connectivity index (χ1) is 7.31. The second kappa shape index (κ2) is 4.86. The Bertz CT molecular complexity index is 347. The number of aromatic nitrogens is 2. The van der Waals surface area contributed by atoms with Gasteiger partial charge in [0.05, 0.1) is 0 Å². The fourth-order valence-corrected chi connectivity index (χ4v) is 1.47. The van der Waals surface area contributed by atoms with E-state index in [0.717, 1.165) is 4.90 Å². The molecule has 0 N–H and O–H groups in total. The number of hydrogen-bond acceptors (Lipinski definition) is 3. The molecule has 0 aliphatic heterocycles. The highest BCUT2D eigenvalue weighted by atomic mass is 35.5. The van der Waals surface area contributed by atoms with Crippen molar-refractivity contribution in [2.45, 2.75) is 20.0 Å². The lowest BCUT2D eigenvalue weighted by Crippen LogP contribution is -2.34. The third-order valence-corrected chi connectivity index (χ3v) is 2.06. The van der Waals surface area contributed by atoms with E-state index in [1.54, 1.807) is 13.8 Å². The van der Waals surface area contributed by atoms with Crippen LogP contribution < -0.4 is 4.90 Å². The molecule has 0 spiro atoms.